The third-order valence-electron chi connectivity index (χ3n) is 4.97. The molecule has 5 nitrogen and oxygen atoms in total. The fraction of sp³-hybridized carbons (Fsp3) is 0.650. The van der Waals surface area contributed by atoms with Gasteiger partial charge in [0.05, 0.1) is 7.11 Å². The second kappa shape index (κ2) is 13.2. The quantitative estimate of drug-likeness (QED) is 0.262. The molecule has 2 rings (SSSR count). The number of guanidine groups is 1. The lowest BCUT2D eigenvalue weighted by Crippen LogP contribution is -2.39. The van der Waals surface area contributed by atoms with Crippen molar-refractivity contribution in [1.29, 1.82) is 0 Å². The van der Waals surface area contributed by atoms with Gasteiger partial charge in [-0.2, -0.15) is 0 Å². The minimum absolute atomic E-state index is 0. The number of unbranched alkanes of at least 4 members (excludes halogenated alkanes) is 1. The van der Waals surface area contributed by atoms with Gasteiger partial charge in [0.1, 0.15) is 5.75 Å². The van der Waals surface area contributed by atoms with Crippen LogP contribution in [0.5, 0.6) is 5.75 Å². The van der Waals surface area contributed by atoms with Crippen molar-refractivity contribution in [3.8, 4) is 5.75 Å². The van der Waals surface area contributed by atoms with E-state index in [0.29, 0.717) is 6.54 Å². The molecule has 1 heterocycles. The van der Waals surface area contributed by atoms with E-state index in [1.54, 1.807) is 7.11 Å². The predicted octanol–water partition coefficient (Wildman–Crippen LogP) is 3.63. The first-order valence-corrected chi connectivity index (χ1v) is 9.55. The lowest BCUT2D eigenvalue weighted by atomic mass is 10.0. The zero-order valence-corrected chi connectivity index (χ0v) is 18.8. The number of benzene rings is 1. The number of nitrogens with zero attached hydrogens (tertiary/aromatic N) is 2. The van der Waals surface area contributed by atoms with Crippen LogP contribution in [-0.4, -0.2) is 50.7 Å². The van der Waals surface area contributed by atoms with Crippen LogP contribution < -0.4 is 15.4 Å². The normalized spacial score (nSPS) is 18.1. The Labute approximate surface area is 176 Å². The van der Waals surface area contributed by atoms with Crippen LogP contribution in [0.25, 0.3) is 0 Å². The molecule has 0 amide bonds. The summed E-state index contributed by atoms with van der Waals surface area (Å²) < 4.78 is 5.39. The number of rotatable bonds is 8. The Morgan fingerprint density at radius 1 is 1.23 bits per heavy atom. The Bertz CT molecular complexity index is 538. The Hall–Kier alpha value is -1.02. The highest BCUT2D eigenvalue weighted by molar-refractivity contribution is 14.0. The highest BCUT2D eigenvalue weighted by atomic mass is 127. The average Bonchev–Trinajstić information content (AvgIpc) is 2.65. The summed E-state index contributed by atoms with van der Waals surface area (Å²) in [7, 11) is 3.52. The van der Waals surface area contributed by atoms with Crippen molar-refractivity contribution in [1.82, 2.24) is 15.5 Å². The lowest BCUT2D eigenvalue weighted by molar-refractivity contribution is 0.158. The molecule has 1 unspecified atom stereocenters. The maximum atomic E-state index is 5.39. The fourth-order valence-electron chi connectivity index (χ4n) is 3.39. The van der Waals surface area contributed by atoms with Gasteiger partial charge in [-0.3, -0.25) is 4.99 Å². The number of likely N-dealkylation sites (tertiary alicyclic amines) is 1. The SMILES string of the molecule is CN=C(NCCCCN1CCCCC1C)NCc1ccccc1OC.I. The summed E-state index contributed by atoms with van der Waals surface area (Å²) in [5, 5.41) is 6.76. The molecule has 1 aliphatic rings. The Balaban J connectivity index is 0.00000338. The minimum atomic E-state index is 0. The first-order chi connectivity index (χ1) is 12.2. The van der Waals surface area contributed by atoms with E-state index in [1.807, 2.05) is 25.2 Å². The number of hydrogen-bond acceptors (Lipinski definition) is 3. The summed E-state index contributed by atoms with van der Waals surface area (Å²) >= 11 is 0. The van der Waals surface area contributed by atoms with Crippen LogP contribution in [0, 0.1) is 0 Å². The van der Waals surface area contributed by atoms with Gasteiger partial charge in [0.25, 0.3) is 0 Å². The van der Waals surface area contributed by atoms with E-state index in [1.165, 1.54) is 45.2 Å². The molecule has 0 spiro atoms. The zero-order chi connectivity index (χ0) is 17.9. The molecule has 0 aromatic heterocycles. The van der Waals surface area contributed by atoms with Crippen LogP contribution in [-0.2, 0) is 6.54 Å². The van der Waals surface area contributed by atoms with Gasteiger partial charge in [0.2, 0.25) is 0 Å². The number of halogens is 1. The van der Waals surface area contributed by atoms with Crippen molar-refractivity contribution in [3.63, 3.8) is 0 Å². The topological polar surface area (TPSA) is 48.9 Å². The molecule has 0 radical (unpaired) electrons. The van der Waals surface area contributed by atoms with Crippen molar-refractivity contribution >= 4 is 29.9 Å². The van der Waals surface area contributed by atoms with E-state index in [-0.39, 0.29) is 24.0 Å². The molecule has 1 fully saturated rings. The van der Waals surface area contributed by atoms with Gasteiger partial charge in [-0.15, -0.1) is 24.0 Å². The van der Waals surface area contributed by atoms with Crippen LogP contribution in [0.1, 0.15) is 44.6 Å². The summed E-state index contributed by atoms with van der Waals surface area (Å²) in [5.41, 5.74) is 1.13. The summed E-state index contributed by atoms with van der Waals surface area (Å²) in [4.78, 5) is 6.94. The fourth-order valence-corrected chi connectivity index (χ4v) is 3.39. The number of aliphatic imine (C=N–C) groups is 1. The third kappa shape index (κ3) is 7.70. The molecule has 26 heavy (non-hydrogen) atoms. The summed E-state index contributed by atoms with van der Waals surface area (Å²) in [6.45, 7) is 6.51. The lowest BCUT2D eigenvalue weighted by Gasteiger charge is -2.33. The van der Waals surface area contributed by atoms with Crippen LogP contribution in [0.3, 0.4) is 0 Å². The molecule has 0 aliphatic carbocycles. The number of nitrogens with one attached hydrogen (secondary N) is 2. The number of hydrogen-bond donors (Lipinski definition) is 2. The summed E-state index contributed by atoms with van der Waals surface area (Å²) in [6.07, 6.45) is 6.52. The summed E-state index contributed by atoms with van der Waals surface area (Å²) in [5.74, 6) is 1.75. The van der Waals surface area contributed by atoms with Gasteiger partial charge in [0, 0.05) is 31.7 Å². The Morgan fingerprint density at radius 2 is 2.04 bits per heavy atom. The smallest absolute Gasteiger partial charge is 0.191 e. The number of ether oxygens (including phenoxy) is 1. The van der Waals surface area contributed by atoms with Crippen LogP contribution in [0.15, 0.2) is 29.3 Å². The average molecular weight is 474 g/mol. The van der Waals surface area contributed by atoms with E-state index < -0.39 is 0 Å². The van der Waals surface area contributed by atoms with Gasteiger partial charge in [-0.1, -0.05) is 24.6 Å². The van der Waals surface area contributed by atoms with Crippen LogP contribution >= 0.6 is 24.0 Å². The number of piperidine rings is 1. The standard InChI is InChI=1S/C20H34N4O.HI/c1-17-10-6-8-14-24(17)15-9-7-13-22-20(21-2)23-16-18-11-4-5-12-19(18)25-3;/h4-5,11-12,17H,6-10,13-16H2,1-3H3,(H2,21,22,23);1H. The molecular formula is C20H35IN4O. The van der Waals surface area contributed by atoms with E-state index >= 15 is 0 Å². The van der Waals surface area contributed by atoms with Gasteiger partial charge in [0.15, 0.2) is 5.96 Å². The highest BCUT2D eigenvalue weighted by Gasteiger charge is 2.16. The molecule has 1 atom stereocenters. The molecule has 6 heteroatoms. The predicted molar refractivity (Wildman–Crippen MR) is 121 cm³/mol. The van der Waals surface area contributed by atoms with Crippen molar-refractivity contribution in [2.75, 3.05) is 33.8 Å². The Kier molecular flexibility index (Phi) is 11.7. The monoisotopic (exact) mass is 474 g/mol. The van der Waals surface area contributed by atoms with Crippen LogP contribution in [0.4, 0.5) is 0 Å². The van der Waals surface area contributed by atoms with E-state index in [9.17, 15) is 0 Å². The molecule has 0 bridgehead atoms. The second-order valence-electron chi connectivity index (χ2n) is 6.75. The number of methoxy groups -OCH3 is 1. The molecular weight excluding hydrogens is 439 g/mol. The highest BCUT2D eigenvalue weighted by Crippen LogP contribution is 2.17. The van der Waals surface area contributed by atoms with Gasteiger partial charge < -0.3 is 20.3 Å². The minimum Gasteiger partial charge on any atom is -0.496 e. The third-order valence-corrected chi connectivity index (χ3v) is 4.97. The Morgan fingerprint density at radius 3 is 2.77 bits per heavy atom. The second-order valence-corrected chi connectivity index (χ2v) is 6.75. The van der Waals surface area contributed by atoms with Gasteiger partial charge in [-0.05, 0) is 51.8 Å². The van der Waals surface area contributed by atoms with Crippen molar-refractivity contribution in [2.24, 2.45) is 4.99 Å². The van der Waals surface area contributed by atoms with E-state index in [0.717, 1.165) is 29.9 Å². The van der Waals surface area contributed by atoms with Crippen LogP contribution in [0.2, 0.25) is 0 Å². The molecule has 1 aliphatic heterocycles. The molecule has 148 valence electrons. The maximum Gasteiger partial charge on any atom is 0.191 e. The molecule has 1 saturated heterocycles. The van der Waals surface area contributed by atoms with Crippen molar-refractivity contribution in [2.45, 2.75) is 51.6 Å². The van der Waals surface area contributed by atoms with E-state index in [2.05, 4.69) is 33.5 Å². The van der Waals surface area contributed by atoms with Crippen molar-refractivity contribution in [3.05, 3.63) is 29.8 Å². The zero-order valence-electron chi connectivity index (χ0n) is 16.5. The largest absolute Gasteiger partial charge is 0.496 e. The molecule has 1 aromatic rings. The number of para-hydroxylation sites is 1. The maximum absolute atomic E-state index is 5.39. The molecule has 1 aromatic carbocycles. The first-order valence-electron chi connectivity index (χ1n) is 9.55. The molecule has 0 saturated carbocycles. The van der Waals surface area contributed by atoms with Crippen molar-refractivity contribution < 1.29 is 4.74 Å². The van der Waals surface area contributed by atoms with Gasteiger partial charge in [-0.25, -0.2) is 0 Å². The summed E-state index contributed by atoms with van der Waals surface area (Å²) in [6, 6.07) is 8.82. The van der Waals surface area contributed by atoms with E-state index in [4.69, 9.17) is 4.74 Å². The van der Waals surface area contributed by atoms with Gasteiger partial charge >= 0.3 is 0 Å². The molecule has 2 N–H and O–H groups in total. The first kappa shape index (κ1) is 23.0.